The normalized spacial score (nSPS) is 11.9. The molecule has 2 aromatic carbocycles. The SMILES string of the molecule is C/C(=C/CN(C)C)CCN(C=O)c1ccc2ncnc(Nc3ccc(Cc4ccc5c(c4)ncn5C)c(C)c3)c2n1. The van der Waals surface area contributed by atoms with Crippen molar-refractivity contribution >= 4 is 45.8 Å². The predicted octanol–water partition coefficient (Wildman–Crippen LogP) is 5.42. The lowest BCUT2D eigenvalue weighted by Crippen LogP contribution is -2.23. The van der Waals surface area contributed by atoms with Gasteiger partial charge in [-0.1, -0.05) is 23.8 Å². The average molecular weight is 549 g/mol. The van der Waals surface area contributed by atoms with Crippen LogP contribution in [0, 0.1) is 6.92 Å². The number of rotatable bonds is 11. The van der Waals surface area contributed by atoms with Crippen LogP contribution in [0.15, 0.2) is 72.8 Å². The molecule has 41 heavy (non-hydrogen) atoms. The van der Waals surface area contributed by atoms with E-state index >= 15 is 0 Å². The van der Waals surface area contributed by atoms with Crippen LogP contribution >= 0.6 is 0 Å². The molecule has 0 bridgehead atoms. The van der Waals surface area contributed by atoms with Crippen LogP contribution in [0.4, 0.5) is 17.3 Å². The van der Waals surface area contributed by atoms with E-state index < -0.39 is 0 Å². The van der Waals surface area contributed by atoms with Gasteiger partial charge in [0.1, 0.15) is 17.7 Å². The molecule has 1 N–H and O–H groups in total. The van der Waals surface area contributed by atoms with Crippen LogP contribution in [0.1, 0.15) is 30.0 Å². The van der Waals surface area contributed by atoms with Gasteiger partial charge in [-0.15, -0.1) is 0 Å². The van der Waals surface area contributed by atoms with E-state index in [1.54, 1.807) is 4.90 Å². The number of hydrogen-bond donors (Lipinski definition) is 1. The van der Waals surface area contributed by atoms with Crippen molar-refractivity contribution in [2.24, 2.45) is 7.05 Å². The molecule has 0 aliphatic heterocycles. The molecule has 3 heterocycles. The third-order valence-corrected chi connectivity index (χ3v) is 7.23. The van der Waals surface area contributed by atoms with Gasteiger partial charge >= 0.3 is 0 Å². The smallest absolute Gasteiger partial charge is 0.215 e. The first-order valence-electron chi connectivity index (χ1n) is 13.7. The van der Waals surface area contributed by atoms with Crippen LogP contribution in [0.25, 0.3) is 22.1 Å². The highest BCUT2D eigenvalue weighted by molar-refractivity contribution is 5.89. The maximum absolute atomic E-state index is 12.0. The fourth-order valence-corrected chi connectivity index (χ4v) is 4.76. The standard InChI is InChI=1S/C32H36N8O/c1-22(12-14-38(3)4)13-15-40(21-41)30-11-9-27-31(37-30)32(34-19-33-27)36-26-8-7-25(23(2)16-26)17-24-6-10-29-28(18-24)35-20-39(29)5/h6-12,16,18-21H,13-15,17H2,1-5H3,(H,33,34,36)/b22-12-. The van der Waals surface area contributed by atoms with E-state index in [4.69, 9.17) is 4.98 Å². The van der Waals surface area contributed by atoms with E-state index in [9.17, 15) is 4.79 Å². The summed E-state index contributed by atoms with van der Waals surface area (Å²) in [4.78, 5) is 33.9. The van der Waals surface area contributed by atoms with Crippen molar-refractivity contribution in [3.8, 4) is 0 Å². The van der Waals surface area contributed by atoms with Crippen molar-refractivity contribution in [3.05, 3.63) is 89.5 Å². The molecule has 1 amide bonds. The zero-order valence-corrected chi connectivity index (χ0v) is 24.3. The molecule has 3 aromatic heterocycles. The number of fused-ring (bicyclic) bond motifs is 2. The number of hydrogen-bond acceptors (Lipinski definition) is 7. The summed E-state index contributed by atoms with van der Waals surface area (Å²) in [5.41, 5.74) is 9.24. The highest BCUT2D eigenvalue weighted by atomic mass is 16.1. The van der Waals surface area contributed by atoms with Crippen molar-refractivity contribution in [2.45, 2.75) is 26.7 Å². The Balaban J connectivity index is 1.33. The number of nitrogens with one attached hydrogen (secondary N) is 1. The maximum atomic E-state index is 12.0. The van der Waals surface area contributed by atoms with Crippen molar-refractivity contribution < 1.29 is 4.79 Å². The first-order valence-corrected chi connectivity index (χ1v) is 13.7. The molecule has 210 valence electrons. The van der Waals surface area contributed by atoms with E-state index in [1.165, 1.54) is 28.6 Å². The lowest BCUT2D eigenvalue weighted by atomic mass is 9.99. The Morgan fingerprint density at radius 2 is 1.88 bits per heavy atom. The van der Waals surface area contributed by atoms with Gasteiger partial charge in [-0.2, -0.15) is 0 Å². The minimum absolute atomic E-state index is 0.544. The van der Waals surface area contributed by atoms with E-state index in [0.717, 1.165) is 42.5 Å². The van der Waals surface area contributed by atoms with Gasteiger partial charge in [0, 0.05) is 25.8 Å². The van der Waals surface area contributed by atoms with Crippen LogP contribution < -0.4 is 10.2 Å². The van der Waals surface area contributed by atoms with Gasteiger partial charge in [0.2, 0.25) is 6.41 Å². The largest absolute Gasteiger partial charge is 0.338 e. The predicted molar refractivity (Wildman–Crippen MR) is 166 cm³/mol. The van der Waals surface area contributed by atoms with Crippen molar-refractivity contribution in [3.63, 3.8) is 0 Å². The van der Waals surface area contributed by atoms with Gasteiger partial charge in [0.25, 0.3) is 0 Å². The van der Waals surface area contributed by atoms with Crippen LogP contribution in [0.2, 0.25) is 0 Å². The van der Waals surface area contributed by atoms with Crippen molar-refractivity contribution in [2.75, 3.05) is 37.4 Å². The molecule has 9 heteroatoms. The number of aryl methyl sites for hydroxylation is 2. The van der Waals surface area contributed by atoms with Gasteiger partial charge in [-0.25, -0.2) is 19.9 Å². The van der Waals surface area contributed by atoms with Crippen LogP contribution in [0.5, 0.6) is 0 Å². The molecule has 0 saturated heterocycles. The second-order valence-electron chi connectivity index (χ2n) is 10.7. The van der Waals surface area contributed by atoms with E-state index in [2.05, 4.69) is 81.5 Å². The van der Waals surface area contributed by atoms with Gasteiger partial charge < -0.3 is 14.8 Å². The Morgan fingerprint density at radius 1 is 1.02 bits per heavy atom. The number of likely N-dealkylation sites (N-methyl/N-ethyl adjacent to an activating group) is 1. The van der Waals surface area contributed by atoms with Crippen LogP contribution in [-0.2, 0) is 18.3 Å². The summed E-state index contributed by atoms with van der Waals surface area (Å²) in [6, 6.07) is 16.5. The number of imidazole rings is 1. The molecule has 9 nitrogen and oxygen atoms in total. The monoisotopic (exact) mass is 548 g/mol. The summed E-state index contributed by atoms with van der Waals surface area (Å²) in [5, 5.41) is 3.42. The zero-order chi connectivity index (χ0) is 28.9. The number of pyridine rings is 1. The Morgan fingerprint density at radius 3 is 2.66 bits per heavy atom. The molecule has 5 rings (SSSR count). The van der Waals surface area contributed by atoms with Crippen molar-refractivity contribution in [1.29, 1.82) is 0 Å². The van der Waals surface area contributed by atoms with Gasteiger partial charge in [0.15, 0.2) is 5.82 Å². The van der Waals surface area contributed by atoms with Gasteiger partial charge in [0.05, 0.1) is 22.9 Å². The Labute approximate surface area is 240 Å². The minimum Gasteiger partial charge on any atom is -0.338 e. The molecule has 0 spiro atoms. The first-order chi connectivity index (χ1) is 19.8. The molecule has 0 unspecified atom stereocenters. The number of carbonyl (C=O) groups excluding carboxylic acids is 1. The van der Waals surface area contributed by atoms with Crippen molar-refractivity contribution in [1.82, 2.24) is 29.4 Å². The summed E-state index contributed by atoms with van der Waals surface area (Å²) in [5.74, 6) is 1.17. The van der Waals surface area contributed by atoms with Crippen LogP contribution in [-0.4, -0.2) is 63.0 Å². The third-order valence-electron chi connectivity index (χ3n) is 7.23. The number of aromatic nitrogens is 5. The fraction of sp³-hybridized carbons (Fsp3) is 0.281. The topological polar surface area (TPSA) is 92.1 Å². The lowest BCUT2D eigenvalue weighted by Gasteiger charge is -2.18. The molecule has 0 radical (unpaired) electrons. The molecular weight excluding hydrogens is 512 g/mol. The summed E-state index contributed by atoms with van der Waals surface area (Å²) in [7, 11) is 6.08. The number of nitrogens with zero attached hydrogens (tertiary/aromatic N) is 7. The Hall–Kier alpha value is -4.63. The number of carbonyl (C=O) groups is 1. The fourth-order valence-electron chi connectivity index (χ4n) is 4.76. The number of anilines is 3. The molecular formula is C32H36N8O. The second-order valence-corrected chi connectivity index (χ2v) is 10.7. The summed E-state index contributed by atoms with van der Waals surface area (Å²) >= 11 is 0. The van der Waals surface area contributed by atoms with Gasteiger partial charge in [-0.05, 0) is 93.9 Å². The number of amides is 1. The second kappa shape index (κ2) is 12.3. The Kier molecular flexibility index (Phi) is 8.35. The molecule has 0 atom stereocenters. The molecule has 0 fully saturated rings. The van der Waals surface area contributed by atoms with Crippen LogP contribution in [0.3, 0.4) is 0 Å². The van der Waals surface area contributed by atoms with E-state index in [1.807, 2.05) is 44.2 Å². The number of benzene rings is 2. The average Bonchev–Trinajstić information content (AvgIpc) is 3.33. The Bertz CT molecular complexity index is 1720. The minimum atomic E-state index is 0.544. The summed E-state index contributed by atoms with van der Waals surface area (Å²) < 4.78 is 2.03. The van der Waals surface area contributed by atoms with E-state index in [-0.39, 0.29) is 0 Å². The third kappa shape index (κ3) is 6.58. The molecule has 0 aliphatic carbocycles. The molecule has 5 aromatic rings. The highest BCUT2D eigenvalue weighted by Gasteiger charge is 2.13. The quantitative estimate of drug-likeness (QED) is 0.174. The molecule has 0 saturated carbocycles. The zero-order valence-electron chi connectivity index (χ0n) is 24.3. The first kappa shape index (κ1) is 27.9. The highest BCUT2D eigenvalue weighted by Crippen LogP contribution is 2.26. The van der Waals surface area contributed by atoms with E-state index in [0.29, 0.717) is 29.2 Å². The summed E-state index contributed by atoms with van der Waals surface area (Å²) in [6.45, 7) is 5.62. The van der Waals surface area contributed by atoms with Gasteiger partial charge in [-0.3, -0.25) is 9.69 Å². The lowest BCUT2D eigenvalue weighted by molar-refractivity contribution is -0.107. The maximum Gasteiger partial charge on any atom is 0.215 e. The summed E-state index contributed by atoms with van der Waals surface area (Å²) in [6.07, 6.45) is 7.97. The molecule has 0 aliphatic rings.